The Morgan fingerprint density at radius 1 is 1.47 bits per heavy atom. The molecule has 1 atom stereocenters. The summed E-state index contributed by atoms with van der Waals surface area (Å²) in [5.41, 5.74) is 1.09. The molecule has 19 heavy (non-hydrogen) atoms. The average Bonchev–Trinajstić information content (AvgIpc) is 2.89. The molecule has 0 bridgehead atoms. The highest BCUT2D eigenvalue weighted by molar-refractivity contribution is 5.84. The Hall–Kier alpha value is -2.04. The van der Waals surface area contributed by atoms with Crippen LogP contribution in [-0.2, 0) is 4.79 Å². The van der Waals surface area contributed by atoms with Crippen molar-refractivity contribution in [3.63, 3.8) is 0 Å². The van der Waals surface area contributed by atoms with E-state index in [0.717, 1.165) is 0 Å². The number of hydrogen-bond donors (Lipinski definition) is 0. The van der Waals surface area contributed by atoms with Gasteiger partial charge in [-0.1, -0.05) is 24.2 Å². The summed E-state index contributed by atoms with van der Waals surface area (Å²) in [5, 5.41) is 3.79. The molecule has 2 aromatic rings. The molecule has 0 saturated carbocycles. The third kappa shape index (κ3) is 2.70. The minimum absolute atomic E-state index is 0.0327. The van der Waals surface area contributed by atoms with Crippen molar-refractivity contribution in [3.05, 3.63) is 35.5 Å². The molecule has 2 rings (SSSR count). The number of rotatable bonds is 4. The van der Waals surface area contributed by atoms with E-state index in [1.807, 2.05) is 0 Å². The summed E-state index contributed by atoms with van der Waals surface area (Å²) < 4.78 is 18.5. The lowest BCUT2D eigenvalue weighted by Crippen LogP contribution is -2.07. The molecular formula is C14H15FN2O2. The zero-order valence-corrected chi connectivity index (χ0v) is 11.1. The summed E-state index contributed by atoms with van der Waals surface area (Å²) in [5.74, 6) is -0.152. The predicted octanol–water partition coefficient (Wildman–Crippen LogP) is 3.27. The first kappa shape index (κ1) is 13.4. The fourth-order valence-electron chi connectivity index (χ4n) is 1.70. The fraction of sp³-hybridized carbons (Fsp3) is 0.357. The average molecular weight is 262 g/mol. The topological polar surface area (TPSA) is 56.0 Å². The van der Waals surface area contributed by atoms with Gasteiger partial charge in [-0.3, -0.25) is 4.79 Å². The molecule has 1 aromatic heterocycles. The van der Waals surface area contributed by atoms with E-state index in [4.69, 9.17) is 4.52 Å². The van der Waals surface area contributed by atoms with Gasteiger partial charge in [0, 0.05) is 12.0 Å². The number of benzene rings is 1. The van der Waals surface area contributed by atoms with Crippen molar-refractivity contribution >= 4 is 5.78 Å². The van der Waals surface area contributed by atoms with Crippen LogP contribution < -0.4 is 0 Å². The number of Topliss-reactive ketones (excluding diaryl/α,β-unsaturated/α-hetero) is 1. The predicted molar refractivity (Wildman–Crippen MR) is 68.1 cm³/mol. The van der Waals surface area contributed by atoms with Crippen LogP contribution in [0.5, 0.6) is 0 Å². The van der Waals surface area contributed by atoms with Gasteiger partial charge in [0.15, 0.2) is 0 Å². The first-order chi connectivity index (χ1) is 9.02. The first-order valence-corrected chi connectivity index (χ1v) is 6.15. The van der Waals surface area contributed by atoms with Crippen LogP contribution in [0, 0.1) is 12.7 Å². The van der Waals surface area contributed by atoms with Gasteiger partial charge in [-0.05, 0) is 25.5 Å². The molecule has 1 unspecified atom stereocenters. The second-order valence-corrected chi connectivity index (χ2v) is 4.46. The largest absolute Gasteiger partial charge is 0.338 e. The summed E-state index contributed by atoms with van der Waals surface area (Å²) in [6, 6.07) is 4.73. The number of aryl methyl sites for hydroxylation is 1. The van der Waals surface area contributed by atoms with Crippen molar-refractivity contribution in [2.45, 2.75) is 33.1 Å². The second-order valence-electron chi connectivity index (χ2n) is 4.46. The number of carbonyl (C=O) groups excluding carboxylic acids is 1. The van der Waals surface area contributed by atoms with Gasteiger partial charge >= 0.3 is 0 Å². The van der Waals surface area contributed by atoms with Crippen molar-refractivity contribution in [3.8, 4) is 11.4 Å². The van der Waals surface area contributed by atoms with E-state index in [1.54, 1.807) is 32.9 Å². The standard InChI is InChI=1S/C14H15FN2O2/c1-4-12(18)9(3)14-16-13(17-19-14)10-6-5-8(2)11(15)7-10/h5-7,9H,4H2,1-3H3. The minimum Gasteiger partial charge on any atom is -0.338 e. The van der Waals surface area contributed by atoms with E-state index >= 15 is 0 Å². The summed E-state index contributed by atoms with van der Waals surface area (Å²) in [6.07, 6.45) is 0.415. The number of aromatic nitrogens is 2. The molecule has 0 aliphatic rings. The number of nitrogens with zero attached hydrogens (tertiary/aromatic N) is 2. The van der Waals surface area contributed by atoms with E-state index in [9.17, 15) is 9.18 Å². The zero-order valence-electron chi connectivity index (χ0n) is 11.1. The molecule has 4 nitrogen and oxygen atoms in total. The van der Waals surface area contributed by atoms with Crippen molar-refractivity contribution in [2.24, 2.45) is 0 Å². The Kier molecular flexibility index (Phi) is 3.74. The van der Waals surface area contributed by atoms with E-state index < -0.39 is 5.92 Å². The molecule has 0 spiro atoms. The smallest absolute Gasteiger partial charge is 0.237 e. The molecule has 0 radical (unpaired) electrons. The molecule has 1 aromatic carbocycles. The molecule has 0 saturated heterocycles. The lowest BCUT2D eigenvalue weighted by Gasteiger charge is -2.01. The molecule has 0 amide bonds. The third-order valence-electron chi connectivity index (χ3n) is 3.07. The third-order valence-corrected chi connectivity index (χ3v) is 3.07. The van der Waals surface area contributed by atoms with E-state index in [2.05, 4.69) is 10.1 Å². The van der Waals surface area contributed by atoms with Gasteiger partial charge in [0.2, 0.25) is 11.7 Å². The maximum Gasteiger partial charge on any atom is 0.237 e. The first-order valence-electron chi connectivity index (χ1n) is 6.15. The number of ketones is 1. The lowest BCUT2D eigenvalue weighted by molar-refractivity contribution is -0.120. The van der Waals surface area contributed by atoms with Crippen LogP contribution in [0.4, 0.5) is 4.39 Å². The number of halogens is 1. The maximum absolute atomic E-state index is 13.5. The molecule has 0 aliphatic heterocycles. The van der Waals surface area contributed by atoms with Gasteiger partial charge in [0.25, 0.3) is 0 Å². The Labute approximate surface area is 110 Å². The van der Waals surface area contributed by atoms with Crippen molar-refractivity contribution < 1.29 is 13.7 Å². The van der Waals surface area contributed by atoms with Crippen LogP contribution in [0.15, 0.2) is 22.7 Å². The Balaban J connectivity index is 2.30. The van der Waals surface area contributed by atoms with Crippen LogP contribution >= 0.6 is 0 Å². The van der Waals surface area contributed by atoms with Crippen LogP contribution in [0.2, 0.25) is 0 Å². The minimum atomic E-state index is -0.429. The van der Waals surface area contributed by atoms with Gasteiger partial charge in [0.05, 0.1) is 5.92 Å². The Bertz CT molecular complexity index is 607. The van der Waals surface area contributed by atoms with Crippen molar-refractivity contribution in [2.75, 3.05) is 0 Å². The van der Waals surface area contributed by atoms with Gasteiger partial charge in [-0.25, -0.2) is 4.39 Å². The molecule has 0 fully saturated rings. The quantitative estimate of drug-likeness (QED) is 0.848. The molecule has 5 heteroatoms. The molecule has 1 heterocycles. The van der Waals surface area contributed by atoms with Gasteiger partial charge in [-0.15, -0.1) is 0 Å². The van der Waals surface area contributed by atoms with Crippen LogP contribution in [-0.4, -0.2) is 15.9 Å². The summed E-state index contributed by atoms with van der Waals surface area (Å²) in [6.45, 7) is 5.19. The number of carbonyl (C=O) groups is 1. The SMILES string of the molecule is CCC(=O)C(C)c1nc(-c2ccc(C)c(F)c2)no1. The zero-order chi connectivity index (χ0) is 14.0. The Morgan fingerprint density at radius 3 is 2.84 bits per heavy atom. The van der Waals surface area contributed by atoms with E-state index in [0.29, 0.717) is 23.4 Å². The van der Waals surface area contributed by atoms with Gasteiger partial charge in [-0.2, -0.15) is 4.98 Å². The molecule has 0 N–H and O–H groups in total. The summed E-state index contributed by atoms with van der Waals surface area (Å²) in [7, 11) is 0. The maximum atomic E-state index is 13.5. The highest BCUT2D eigenvalue weighted by Gasteiger charge is 2.20. The van der Waals surface area contributed by atoms with Gasteiger partial charge in [0.1, 0.15) is 11.6 Å². The Morgan fingerprint density at radius 2 is 2.21 bits per heavy atom. The number of hydrogen-bond acceptors (Lipinski definition) is 4. The lowest BCUT2D eigenvalue weighted by atomic mass is 10.1. The van der Waals surface area contributed by atoms with E-state index in [-0.39, 0.29) is 17.5 Å². The summed E-state index contributed by atoms with van der Waals surface area (Å²) >= 11 is 0. The molecule has 100 valence electrons. The molecule has 0 aliphatic carbocycles. The van der Waals surface area contributed by atoms with Crippen LogP contribution in [0.3, 0.4) is 0 Å². The van der Waals surface area contributed by atoms with Crippen molar-refractivity contribution in [1.82, 2.24) is 10.1 Å². The summed E-state index contributed by atoms with van der Waals surface area (Å²) in [4.78, 5) is 15.7. The monoisotopic (exact) mass is 262 g/mol. The molecular weight excluding hydrogens is 247 g/mol. The van der Waals surface area contributed by atoms with Crippen molar-refractivity contribution in [1.29, 1.82) is 0 Å². The highest BCUT2D eigenvalue weighted by Crippen LogP contribution is 2.22. The highest BCUT2D eigenvalue weighted by atomic mass is 19.1. The fourth-order valence-corrected chi connectivity index (χ4v) is 1.70. The van der Waals surface area contributed by atoms with Crippen LogP contribution in [0.1, 0.15) is 37.6 Å². The normalized spacial score (nSPS) is 12.4. The van der Waals surface area contributed by atoms with E-state index in [1.165, 1.54) is 6.07 Å². The second kappa shape index (κ2) is 5.30. The van der Waals surface area contributed by atoms with Gasteiger partial charge < -0.3 is 4.52 Å². The van der Waals surface area contributed by atoms with Crippen LogP contribution in [0.25, 0.3) is 11.4 Å².